The zero-order valence-corrected chi connectivity index (χ0v) is 19.1. The molecule has 162 valence electrons. The number of para-hydroxylation sites is 1. The number of thiazole rings is 1. The largest absolute Gasteiger partial charge is 0.509 e. The Hall–Kier alpha value is -3.55. The van der Waals surface area contributed by atoms with Crippen molar-refractivity contribution in [3.63, 3.8) is 0 Å². The molecule has 0 atom stereocenters. The number of aromatic nitrogens is 3. The van der Waals surface area contributed by atoms with Gasteiger partial charge in [-0.25, -0.2) is 14.8 Å². The van der Waals surface area contributed by atoms with Gasteiger partial charge in [-0.05, 0) is 38.5 Å². The average molecular weight is 467 g/mol. The molecule has 3 heterocycles. The molecule has 32 heavy (non-hydrogen) atoms. The second kappa shape index (κ2) is 8.53. The van der Waals surface area contributed by atoms with Gasteiger partial charge >= 0.3 is 5.97 Å². The molecule has 0 aliphatic heterocycles. The fourth-order valence-corrected chi connectivity index (χ4v) is 5.19. The SMILES string of the molecule is Cc1c(C(=O)OC(C)C)sc2ncn(C/C(O)=C(\C#N)c3nc4ccccc4s3)c(=O)c12. The maximum Gasteiger partial charge on any atom is 0.348 e. The van der Waals surface area contributed by atoms with Crippen molar-refractivity contribution in [3.8, 4) is 6.07 Å². The second-order valence-electron chi connectivity index (χ2n) is 7.29. The Bertz CT molecular complexity index is 1450. The summed E-state index contributed by atoms with van der Waals surface area (Å²) in [5.41, 5.74) is 0.794. The Balaban J connectivity index is 1.74. The fraction of sp³-hybridized carbons (Fsp3) is 0.227. The lowest BCUT2D eigenvalue weighted by atomic mass is 10.2. The third-order valence-electron chi connectivity index (χ3n) is 4.67. The quantitative estimate of drug-likeness (QED) is 0.262. The van der Waals surface area contributed by atoms with Crippen LogP contribution in [0.3, 0.4) is 0 Å². The molecule has 10 heteroatoms. The summed E-state index contributed by atoms with van der Waals surface area (Å²) in [6.45, 7) is 4.92. The van der Waals surface area contributed by atoms with Crippen molar-refractivity contribution in [1.29, 1.82) is 5.26 Å². The third kappa shape index (κ3) is 3.88. The molecule has 0 unspecified atom stereocenters. The van der Waals surface area contributed by atoms with E-state index < -0.39 is 11.5 Å². The smallest absolute Gasteiger partial charge is 0.348 e. The number of benzene rings is 1. The molecule has 0 aliphatic carbocycles. The van der Waals surface area contributed by atoms with Gasteiger partial charge in [0.25, 0.3) is 5.56 Å². The van der Waals surface area contributed by atoms with E-state index in [0.717, 1.165) is 21.6 Å². The minimum Gasteiger partial charge on any atom is -0.509 e. The molecule has 0 radical (unpaired) electrons. The Morgan fingerprint density at radius 3 is 2.75 bits per heavy atom. The summed E-state index contributed by atoms with van der Waals surface area (Å²) in [6.07, 6.45) is 1.01. The van der Waals surface area contributed by atoms with Crippen molar-refractivity contribution in [2.24, 2.45) is 0 Å². The number of nitriles is 1. The lowest BCUT2D eigenvalue weighted by Crippen LogP contribution is -2.22. The first kappa shape index (κ1) is 21.7. The van der Waals surface area contributed by atoms with Gasteiger partial charge in [-0.2, -0.15) is 5.26 Å². The number of ether oxygens (including phenoxy) is 1. The van der Waals surface area contributed by atoms with E-state index in [1.807, 2.05) is 30.3 Å². The van der Waals surface area contributed by atoms with Gasteiger partial charge in [0, 0.05) is 0 Å². The summed E-state index contributed by atoms with van der Waals surface area (Å²) in [4.78, 5) is 34.8. The Morgan fingerprint density at radius 1 is 1.31 bits per heavy atom. The molecule has 0 saturated carbocycles. The standard InChI is InChI=1S/C22H18N4O4S2/c1-11(2)30-22(29)18-12(3)17-20(32-18)24-10-26(21(17)28)9-15(27)13(8-23)19-25-14-6-4-5-7-16(14)31-19/h4-7,10-11,27H,9H2,1-3H3/b15-13-. The number of carbonyl (C=O) groups excluding carboxylic acids is 1. The first-order valence-electron chi connectivity index (χ1n) is 9.67. The zero-order chi connectivity index (χ0) is 23.0. The van der Waals surface area contributed by atoms with Crippen LogP contribution in [0.25, 0.3) is 26.0 Å². The maximum absolute atomic E-state index is 13.1. The van der Waals surface area contributed by atoms with Gasteiger partial charge in [-0.15, -0.1) is 22.7 Å². The minimum absolute atomic E-state index is 0.00133. The van der Waals surface area contributed by atoms with Gasteiger partial charge in [-0.3, -0.25) is 9.36 Å². The van der Waals surface area contributed by atoms with Crippen molar-refractivity contribution >= 4 is 54.6 Å². The number of nitrogens with zero attached hydrogens (tertiary/aromatic N) is 4. The number of aliphatic hydroxyl groups is 1. The minimum atomic E-state index is -0.503. The summed E-state index contributed by atoms with van der Waals surface area (Å²) in [5, 5.41) is 20.9. The topological polar surface area (TPSA) is 118 Å². The van der Waals surface area contributed by atoms with Crippen LogP contribution in [0.15, 0.2) is 41.1 Å². The van der Waals surface area contributed by atoms with E-state index in [0.29, 0.717) is 25.7 Å². The van der Waals surface area contributed by atoms with Gasteiger partial charge in [0.05, 0.1) is 34.6 Å². The predicted octanol–water partition coefficient (Wildman–Crippen LogP) is 4.43. The summed E-state index contributed by atoms with van der Waals surface area (Å²) in [7, 11) is 0. The van der Waals surface area contributed by atoms with E-state index in [2.05, 4.69) is 9.97 Å². The Morgan fingerprint density at radius 2 is 2.06 bits per heavy atom. The monoisotopic (exact) mass is 466 g/mol. The van der Waals surface area contributed by atoms with Crippen molar-refractivity contribution in [2.45, 2.75) is 33.4 Å². The molecular weight excluding hydrogens is 448 g/mol. The number of aliphatic hydroxyl groups excluding tert-OH is 1. The normalized spacial score (nSPS) is 12.2. The number of hydrogen-bond donors (Lipinski definition) is 1. The molecular formula is C22H18N4O4S2. The number of hydrogen-bond acceptors (Lipinski definition) is 9. The molecule has 0 saturated heterocycles. The van der Waals surface area contributed by atoms with Crippen molar-refractivity contribution in [1.82, 2.24) is 14.5 Å². The highest BCUT2D eigenvalue weighted by Gasteiger charge is 2.22. The number of thiophene rings is 1. The first-order valence-corrected chi connectivity index (χ1v) is 11.3. The van der Waals surface area contributed by atoms with E-state index in [4.69, 9.17) is 4.74 Å². The van der Waals surface area contributed by atoms with Gasteiger partial charge in [0.1, 0.15) is 32.1 Å². The van der Waals surface area contributed by atoms with Gasteiger partial charge in [0.2, 0.25) is 0 Å². The van der Waals surface area contributed by atoms with E-state index >= 15 is 0 Å². The molecule has 4 aromatic rings. The summed E-state index contributed by atoms with van der Waals surface area (Å²) in [5.74, 6) is -0.793. The van der Waals surface area contributed by atoms with Gasteiger partial charge < -0.3 is 9.84 Å². The molecule has 0 fully saturated rings. The number of rotatable bonds is 5. The zero-order valence-electron chi connectivity index (χ0n) is 17.4. The Kier molecular flexibility index (Phi) is 5.78. The Labute approximate surface area is 190 Å². The lowest BCUT2D eigenvalue weighted by molar-refractivity contribution is 0.0383. The molecule has 0 amide bonds. The fourth-order valence-electron chi connectivity index (χ4n) is 3.19. The van der Waals surface area contributed by atoms with Crippen molar-refractivity contribution in [2.75, 3.05) is 0 Å². The van der Waals surface area contributed by atoms with E-state index in [-0.39, 0.29) is 24.0 Å². The number of allylic oxidation sites excluding steroid dienone is 2. The molecule has 4 rings (SSSR count). The highest BCUT2D eigenvalue weighted by molar-refractivity contribution is 7.20. The van der Waals surface area contributed by atoms with Gasteiger partial charge in [-0.1, -0.05) is 12.1 Å². The lowest BCUT2D eigenvalue weighted by Gasteiger charge is -2.07. The highest BCUT2D eigenvalue weighted by atomic mass is 32.1. The van der Waals surface area contributed by atoms with Crippen LogP contribution < -0.4 is 5.56 Å². The van der Waals surface area contributed by atoms with Crippen molar-refractivity contribution < 1.29 is 14.6 Å². The second-order valence-corrected chi connectivity index (χ2v) is 9.32. The van der Waals surface area contributed by atoms with Crippen LogP contribution in [0.5, 0.6) is 0 Å². The maximum atomic E-state index is 13.1. The van der Waals surface area contributed by atoms with Crippen molar-refractivity contribution in [3.05, 3.63) is 62.2 Å². The summed E-state index contributed by atoms with van der Waals surface area (Å²) < 4.78 is 7.34. The average Bonchev–Trinajstić information content (AvgIpc) is 3.31. The van der Waals surface area contributed by atoms with Gasteiger partial charge in [0.15, 0.2) is 0 Å². The number of esters is 1. The molecule has 1 aromatic carbocycles. The van der Waals surface area contributed by atoms with Crippen LogP contribution in [-0.2, 0) is 11.3 Å². The van der Waals surface area contributed by atoms with Crippen LogP contribution in [0, 0.1) is 18.3 Å². The predicted molar refractivity (Wildman–Crippen MR) is 124 cm³/mol. The number of carbonyl (C=O) groups is 1. The first-order chi connectivity index (χ1) is 15.3. The van der Waals surface area contributed by atoms with Crippen LogP contribution >= 0.6 is 22.7 Å². The molecule has 8 nitrogen and oxygen atoms in total. The third-order valence-corrected chi connectivity index (χ3v) is 6.91. The molecule has 0 spiro atoms. The summed E-state index contributed by atoms with van der Waals surface area (Å²) >= 11 is 2.38. The number of fused-ring (bicyclic) bond motifs is 2. The van der Waals surface area contributed by atoms with E-state index in [9.17, 15) is 20.0 Å². The highest BCUT2D eigenvalue weighted by Crippen LogP contribution is 2.29. The molecule has 0 bridgehead atoms. The van der Waals surface area contributed by atoms with E-state index in [1.54, 1.807) is 20.8 Å². The van der Waals surface area contributed by atoms with E-state index in [1.165, 1.54) is 22.2 Å². The van der Waals surface area contributed by atoms with Crippen LogP contribution in [-0.4, -0.2) is 31.7 Å². The number of aryl methyl sites for hydroxylation is 1. The molecule has 0 aliphatic rings. The summed E-state index contributed by atoms with van der Waals surface area (Å²) in [6, 6.07) is 9.41. The van der Waals surface area contributed by atoms with Crippen LogP contribution in [0.2, 0.25) is 0 Å². The van der Waals surface area contributed by atoms with Crippen LogP contribution in [0.4, 0.5) is 0 Å². The molecule has 3 aromatic heterocycles. The molecule has 1 N–H and O–H groups in total. The van der Waals surface area contributed by atoms with Crippen LogP contribution in [0.1, 0.15) is 34.1 Å².